The first-order chi connectivity index (χ1) is 13.0. The number of aromatic nitrogens is 3. The third-order valence-electron chi connectivity index (χ3n) is 4.43. The number of carbonyl (C=O) groups excluding carboxylic acids is 1. The van der Waals surface area contributed by atoms with E-state index in [-0.39, 0.29) is 12.3 Å². The molecule has 0 spiro atoms. The van der Waals surface area contributed by atoms with Gasteiger partial charge >= 0.3 is 5.97 Å². The molecule has 0 aliphatic carbocycles. The van der Waals surface area contributed by atoms with Crippen molar-refractivity contribution < 1.29 is 14.7 Å². The van der Waals surface area contributed by atoms with Crippen LogP contribution in [0.4, 0.5) is 0 Å². The maximum atomic E-state index is 13.1. The molecule has 0 unspecified atom stereocenters. The minimum Gasteiger partial charge on any atom is -0.481 e. The molecule has 3 aromatic rings. The molecule has 7 nitrogen and oxygen atoms in total. The maximum Gasteiger partial charge on any atom is 0.303 e. The SMILES string of the molecule is Cc1nn(C)c2ncc(C(=O)N(CCCC(=O)O)Cc3ccccc3)cc12. The third kappa shape index (κ3) is 4.31. The standard InChI is InChI=1S/C20H22N4O3/c1-14-17-11-16(12-21-19(17)23(2)22-14)20(27)24(10-6-9-18(25)26)13-15-7-4-3-5-8-15/h3-5,7-8,11-12H,6,9-10,13H2,1-2H3,(H,25,26). The van der Waals surface area contributed by atoms with E-state index in [1.54, 1.807) is 15.8 Å². The third-order valence-corrected chi connectivity index (χ3v) is 4.43. The molecule has 7 heteroatoms. The quantitative estimate of drug-likeness (QED) is 0.695. The molecule has 0 saturated carbocycles. The van der Waals surface area contributed by atoms with Crippen molar-refractivity contribution in [3.8, 4) is 0 Å². The molecular formula is C20H22N4O3. The fourth-order valence-electron chi connectivity index (χ4n) is 3.08. The second-order valence-corrected chi connectivity index (χ2v) is 6.51. The monoisotopic (exact) mass is 366 g/mol. The van der Waals surface area contributed by atoms with Crippen LogP contribution in [-0.4, -0.2) is 43.2 Å². The number of pyridine rings is 1. The van der Waals surface area contributed by atoms with E-state index in [0.717, 1.165) is 22.3 Å². The molecule has 0 aliphatic heterocycles. The topological polar surface area (TPSA) is 88.3 Å². The Hall–Kier alpha value is -3.22. The highest BCUT2D eigenvalue weighted by Gasteiger charge is 2.19. The Bertz CT molecular complexity index is 966. The maximum absolute atomic E-state index is 13.1. The van der Waals surface area contributed by atoms with Crippen molar-refractivity contribution >= 4 is 22.9 Å². The molecule has 0 atom stereocenters. The molecular weight excluding hydrogens is 344 g/mol. The fourth-order valence-corrected chi connectivity index (χ4v) is 3.08. The van der Waals surface area contributed by atoms with Crippen molar-refractivity contribution in [3.63, 3.8) is 0 Å². The van der Waals surface area contributed by atoms with Gasteiger partial charge in [-0.3, -0.25) is 14.3 Å². The Morgan fingerprint density at radius 2 is 1.96 bits per heavy atom. The number of carboxylic acids is 1. The lowest BCUT2D eigenvalue weighted by atomic mass is 10.1. The van der Waals surface area contributed by atoms with Crippen molar-refractivity contribution in [2.24, 2.45) is 7.05 Å². The van der Waals surface area contributed by atoms with E-state index < -0.39 is 5.97 Å². The summed E-state index contributed by atoms with van der Waals surface area (Å²) >= 11 is 0. The highest BCUT2D eigenvalue weighted by molar-refractivity contribution is 5.97. The average Bonchev–Trinajstić information content (AvgIpc) is 2.94. The van der Waals surface area contributed by atoms with Crippen molar-refractivity contribution in [2.75, 3.05) is 6.54 Å². The molecule has 0 fully saturated rings. The van der Waals surface area contributed by atoms with Crippen LogP contribution in [0.15, 0.2) is 42.6 Å². The molecule has 1 N–H and O–H groups in total. The number of amides is 1. The number of nitrogens with zero attached hydrogens (tertiary/aromatic N) is 4. The summed E-state index contributed by atoms with van der Waals surface area (Å²) in [5.74, 6) is -1.03. The Morgan fingerprint density at radius 3 is 2.67 bits per heavy atom. The zero-order valence-corrected chi connectivity index (χ0v) is 15.4. The molecule has 0 radical (unpaired) electrons. The van der Waals surface area contributed by atoms with Gasteiger partial charge in [-0.05, 0) is 25.0 Å². The van der Waals surface area contributed by atoms with E-state index in [0.29, 0.717) is 25.1 Å². The van der Waals surface area contributed by atoms with Crippen LogP contribution in [0.1, 0.15) is 34.5 Å². The zero-order valence-electron chi connectivity index (χ0n) is 15.4. The Labute approximate surface area is 157 Å². The van der Waals surface area contributed by atoms with Gasteiger partial charge in [-0.1, -0.05) is 30.3 Å². The molecule has 3 rings (SSSR count). The van der Waals surface area contributed by atoms with Gasteiger partial charge in [0.1, 0.15) is 0 Å². The predicted molar refractivity (Wildman–Crippen MR) is 101 cm³/mol. The van der Waals surface area contributed by atoms with Crippen molar-refractivity contribution in [1.82, 2.24) is 19.7 Å². The van der Waals surface area contributed by atoms with E-state index >= 15 is 0 Å². The number of aliphatic carboxylic acids is 1. The lowest BCUT2D eigenvalue weighted by molar-refractivity contribution is -0.137. The van der Waals surface area contributed by atoms with Gasteiger partial charge in [0.05, 0.1) is 11.3 Å². The first-order valence-corrected chi connectivity index (χ1v) is 8.80. The van der Waals surface area contributed by atoms with Crippen LogP contribution in [0.2, 0.25) is 0 Å². The van der Waals surface area contributed by atoms with E-state index in [1.165, 1.54) is 0 Å². The van der Waals surface area contributed by atoms with Crippen LogP contribution in [0, 0.1) is 6.92 Å². The molecule has 27 heavy (non-hydrogen) atoms. The number of carboxylic acid groups (broad SMARTS) is 1. The molecule has 0 saturated heterocycles. The van der Waals surface area contributed by atoms with Crippen LogP contribution in [0.5, 0.6) is 0 Å². The smallest absolute Gasteiger partial charge is 0.303 e. The highest BCUT2D eigenvalue weighted by atomic mass is 16.4. The van der Waals surface area contributed by atoms with E-state index in [9.17, 15) is 9.59 Å². The summed E-state index contributed by atoms with van der Waals surface area (Å²) in [6.45, 7) is 2.67. The number of rotatable bonds is 7. The summed E-state index contributed by atoms with van der Waals surface area (Å²) in [5, 5.41) is 14.1. The first-order valence-electron chi connectivity index (χ1n) is 8.80. The molecule has 1 amide bonds. The van der Waals surface area contributed by atoms with Gasteiger partial charge in [0.25, 0.3) is 5.91 Å². The minimum atomic E-state index is -0.865. The second-order valence-electron chi connectivity index (χ2n) is 6.51. The fraction of sp³-hybridized carbons (Fsp3) is 0.300. The number of carbonyl (C=O) groups is 2. The van der Waals surface area contributed by atoms with Gasteiger partial charge in [0.2, 0.25) is 0 Å². The van der Waals surface area contributed by atoms with Gasteiger partial charge < -0.3 is 10.0 Å². The summed E-state index contributed by atoms with van der Waals surface area (Å²) < 4.78 is 1.69. The lowest BCUT2D eigenvalue weighted by Gasteiger charge is -2.22. The second kappa shape index (κ2) is 7.99. The van der Waals surface area contributed by atoms with Crippen LogP contribution in [0.3, 0.4) is 0 Å². The molecule has 2 aromatic heterocycles. The molecule has 1 aromatic carbocycles. The molecule has 0 bridgehead atoms. The number of benzene rings is 1. The highest BCUT2D eigenvalue weighted by Crippen LogP contribution is 2.18. The van der Waals surface area contributed by atoms with Gasteiger partial charge in [0, 0.05) is 38.1 Å². The number of fused-ring (bicyclic) bond motifs is 1. The van der Waals surface area contributed by atoms with Crippen LogP contribution < -0.4 is 0 Å². The lowest BCUT2D eigenvalue weighted by Crippen LogP contribution is -2.32. The van der Waals surface area contributed by atoms with E-state index in [4.69, 9.17) is 5.11 Å². The number of hydrogen-bond acceptors (Lipinski definition) is 4. The normalized spacial score (nSPS) is 10.9. The summed E-state index contributed by atoms with van der Waals surface area (Å²) in [4.78, 5) is 30.0. The van der Waals surface area contributed by atoms with E-state index in [2.05, 4.69) is 10.1 Å². The van der Waals surface area contributed by atoms with Gasteiger partial charge in [-0.15, -0.1) is 0 Å². The van der Waals surface area contributed by atoms with Gasteiger partial charge in [-0.25, -0.2) is 4.98 Å². The summed E-state index contributed by atoms with van der Waals surface area (Å²) in [6, 6.07) is 11.5. The van der Waals surface area contributed by atoms with Crippen LogP contribution >= 0.6 is 0 Å². The number of aryl methyl sites for hydroxylation is 2. The predicted octanol–water partition coefficient (Wildman–Crippen LogP) is 2.78. The Balaban J connectivity index is 1.86. The molecule has 140 valence electrons. The van der Waals surface area contributed by atoms with Crippen LogP contribution in [0.25, 0.3) is 11.0 Å². The minimum absolute atomic E-state index is 0.0254. The molecule has 2 heterocycles. The molecule has 0 aliphatic rings. The largest absolute Gasteiger partial charge is 0.481 e. The Kier molecular flexibility index (Phi) is 5.49. The first kappa shape index (κ1) is 18.6. The Morgan fingerprint density at radius 1 is 1.22 bits per heavy atom. The van der Waals surface area contributed by atoms with Crippen LogP contribution in [-0.2, 0) is 18.4 Å². The van der Waals surface area contributed by atoms with Crippen molar-refractivity contribution in [1.29, 1.82) is 0 Å². The van der Waals surface area contributed by atoms with Crippen molar-refractivity contribution in [2.45, 2.75) is 26.3 Å². The number of hydrogen-bond donors (Lipinski definition) is 1. The summed E-state index contributed by atoms with van der Waals surface area (Å²) in [6.07, 6.45) is 1.98. The summed E-state index contributed by atoms with van der Waals surface area (Å²) in [5.41, 5.74) is 3.01. The average molecular weight is 366 g/mol. The van der Waals surface area contributed by atoms with E-state index in [1.807, 2.05) is 50.4 Å². The van der Waals surface area contributed by atoms with Gasteiger partial charge in [0.15, 0.2) is 5.65 Å². The summed E-state index contributed by atoms with van der Waals surface area (Å²) in [7, 11) is 1.82. The zero-order chi connectivity index (χ0) is 19.4. The van der Waals surface area contributed by atoms with Gasteiger partial charge in [-0.2, -0.15) is 5.10 Å². The van der Waals surface area contributed by atoms with Crippen molar-refractivity contribution in [3.05, 3.63) is 59.4 Å².